The number of aromatic nitrogens is 1. The maximum Gasteiger partial charge on any atom is 0.316 e. The van der Waals surface area contributed by atoms with Gasteiger partial charge in [0.25, 0.3) is 5.03 Å². The minimum absolute atomic E-state index is 0. The molecule has 0 aliphatic carbocycles. The molecule has 1 aromatic heterocycles. The lowest BCUT2D eigenvalue weighted by Gasteiger charge is -1.97. The second kappa shape index (κ2) is 7.73. The second-order valence-electron chi connectivity index (χ2n) is 2.97. The molecule has 0 fully saturated rings. The van der Waals surface area contributed by atoms with Crippen molar-refractivity contribution in [3.63, 3.8) is 0 Å². The fourth-order valence-corrected chi connectivity index (χ4v) is 2.07. The van der Waals surface area contributed by atoms with E-state index in [2.05, 4.69) is 0 Å². The molecule has 0 bridgehead atoms. The summed E-state index contributed by atoms with van der Waals surface area (Å²) in [5.41, 5.74) is 0. The first-order chi connectivity index (χ1) is 7.17. The fourth-order valence-electron chi connectivity index (χ4n) is 1.16. The molecule has 0 unspecified atom stereocenters. The minimum atomic E-state index is -0.191. The summed E-state index contributed by atoms with van der Waals surface area (Å²) in [7, 11) is 0. The van der Waals surface area contributed by atoms with Crippen LogP contribution in [0.15, 0.2) is 15.6 Å². The van der Waals surface area contributed by atoms with Crippen LogP contribution in [0.5, 0.6) is 0 Å². The normalized spacial score (nSPS) is 9.69. The molecule has 0 radical (unpaired) electrons. The van der Waals surface area contributed by atoms with Crippen LogP contribution in [-0.4, -0.2) is 18.3 Å². The Morgan fingerprint density at radius 1 is 1.56 bits per heavy atom. The highest BCUT2D eigenvalue weighted by molar-refractivity contribution is 7.99. The largest absolute Gasteiger partial charge is 1.00 e. The lowest BCUT2D eigenvalue weighted by atomic mass is 10.5. The van der Waals surface area contributed by atoms with Gasteiger partial charge in [0, 0.05) is 6.92 Å². The van der Waals surface area contributed by atoms with Crippen molar-refractivity contribution in [3.05, 3.63) is 11.8 Å². The number of rotatable bonds is 5. The Balaban J connectivity index is 0.00000225. The van der Waals surface area contributed by atoms with Gasteiger partial charge in [-0.05, 0) is 30.3 Å². The van der Waals surface area contributed by atoms with Gasteiger partial charge in [-0.15, -0.1) is 0 Å². The van der Waals surface area contributed by atoms with Gasteiger partial charge in [-0.2, -0.15) is 0 Å². The first-order valence-corrected chi connectivity index (χ1v) is 5.95. The van der Waals surface area contributed by atoms with Crippen molar-refractivity contribution in [3.8, 4) is 0 Å². The number of halogens is 1. The average molecular weight is 310 g/mol. The van der Waals surface area contributed by atoms with E-state index in [0.29, 0.717) is 12.4 Å². The molecule has 1 aromatic rings. The summed E-state index contributed by atoms with van der Waals surface area (Å²) in [4.78, 5) is 11.1. The third kappa shape index (κ3) is 4.57. The van der Waals surface area contributed by atoms with E-state index in [0.717, 1.165) is 17.3 Å². The van der Waals surface area contributed by atoms with Crippen LogP contribution in [0.25, 0.3) is 0 Å². The summed E-state index contributed by atoms with van der Waals surface area (Å²) in [6.45, 7) is 6.88. The van der Waals surface area contributed by atoms with E-state index in [1.807, 2.05) is 19.9 Å². The van der Waals surface area contributed by atoms with E-state index < -0.39 is 0 Å². The van der Waals surface area contributed by atoms with Crippen LogP contribution in [0.3, 0.4) is 0 Å². The Morgan fingerprint density at radius 2 is 2.25 bits per heavy atom. The number of hydrogen-bond donors (Lipinski definition) is 0. The topological polar surface area (TPSA) is 43.3 Å². The number of nitrogens with zero attached hydrogens (tertiary/aromatic N) is 1. The van der Waals surface area contributed by atoms with Crippen LogP contribution in [0.4, 0.5) is 0 Å². The highest BCUT2D eigenvalue weighted by Crippen LogP contribution is 2.15. The van der Waals surface area contributed by atoms with Crippen molar-refractivity contribution in [1.82, 2.24) is 0 Å². The van der Waals surface area contributed by atoms with E-state index in [-0.39, 0.29) is 23.0 Å². The fraction of sp³-hybridized carbons (Fsp3) is 0.600. The van der Waals surface area contributed by atoms with Crippen LogP contribution in [0.1, 0.15) is 19.6 Å². The molecular formula is C10H16BrNO3S. The van der Waals surface area contributed by atoms with Gasteiger partial charge in [0.1, 0.15) is 5.75 Å². The Morgan fingerprint density at radius 3 is 2.81 bits per heavy atom. The molecule has 0 aliphatic heterocycles. The molecule has 0 aromatic carbocycles. The van der Waals surface area contributed by atoms with Gasteiger partial charge in [-0.1, -0.05) is 0 Å². The summed E-state index contributed by atoms with van der Waals surface area (Å²) in [5, 5.41) is 0.961. The summed E-state index contributed by atoms with van der Waals surface area (Å²) in [6.07, 6.45) is 0. The predicted molar refractivity (Wildman–Crippen MR) is 56.7 cm³/mol. The van der Waals surface area contributed by atoms with Gasteiger partial charge < -0.3 is 21.7 Å². The number of aryl methyl sites for hydroxylation is 2. The molecule has 1 rings (SSSR count). The lowest BCUT2D eigenvalue weighted by molar-refractivity contribution is -0.890. The standard InChI is InChI=1S/C10H16NO3S.BrH/c1-4-11-9(6-8(3)14-11)15-7-10(12)13-5-2;/h6H,4-5,7H2,1-3H3;1H/q+1;/p-1. The monoisotopic (exact) mass is 309 g/mol. The maximum atomic E-state index is 11.1. The molecule has 6 heteroatoms. The number of hydrogen-bond acceptors (Lipinski definition) is 4. The van der Waals surface area contributed by atoms with Crippen molar-refractivity contribution in [1.29, 1.82) is 0 Å². The Kier molecular flexibility index (Phi) is 7.49. The molecule has 92 valence electrons. The number of thioether (sulfide) groups is 1. The minimum Gasteiger partial charge on any atom is -1.00 e. The quantitative estimate of drug-likeness (QED) is 0.379. The van der Waals surface area contributed by atoms with Crippen molar-refractivity contribution in [2.45, 2.75) is 32.3 Å². The van der Waals surface area contributed by atoms with Gasteiger partial charge in [-0.25, -0.2) is 4.52 Å². The van der Waals surface area contributed by atoms with E-state index in [1.165, 1.54) is 11.8 Å². The third-order valence-corrected chi connectivity index (χ3v) is 2.75. The lowest BCUT2D eigenvalue weighted by Crippen LogP contribution is -3.00. The van der Waals surface area contributed by atoms with Gasteiger partial charge in [-0.3, -0.25) is 4.79 Å². The maximum absolute atomic E-state index is 11.1. The molecule has 0 aliphatic rings. The average Bonchev–Trinajstić information content (AvgIpc) is 2.56. The molecule has 16 heavy (non-hydrogen) atoms. The molecule has 0 saturated carbocycles. The summed E-state index contributed by atoms with van der Waals surface area (Å²) >= 11 is 1.44. The second-order valence-corrected chi connectivity index (χ2v) is 3.97. The Labute approximate surface area is 110 Å². The van der Waals surface area contributed by atoms with Crippen molar-refractivity contribution >= 4 is 17.7 Å². The van der Waals surface area contributed by atoms with Gasteiger partial charge in [0.2, 0.25) is 0 Å². The first kappa shape index (κ1) is 15.5. The smallest absolute Gasteiger partial charge is 0.316 e. The molecular weight excluding hydrogens is 294 g/mol. The SMILES string of the molecule is CCOC(=O)CSc1cc(C)o[n+]1CC.[Br-]. The van der Waals surface area contributed by atoms with Crippen molar-refractivity contribution in [2.24, 2.45) is 0 Å². The molecule has 4 nitrogen and oxygen atoms in total. The predicted octanol–water partition coefficient (Wildman–Crippen LogP) is -1.45. The van der Waals surface area contributed by atoms with Crippen LogP contribution in [-0.2, 0) is 16.1 Å². The zero-order chi connectivity index (χ0) is 11.3. The summed E-state index contributed by atoms with van der Waals surface area (Å²) in [6, 6.07) is 1.92. The number of carbonyl (C=O) groups is 1. The first-order valence-electron chi connectivity index (χ1n) is 4.96. The van der Waals surface area contributed by atoms with Crippen molar-refractivity contribution in [2.75, 3.05) is 12.4 Å². The Bertz CT molecular complexity index is 341. The third-order valence-electron chi connectivity index (χ3n) is 1.76. The van der Waals surface area contributed by atoms with E-state index in [4.69, 9.17) is 9.26 Å². The van der Waals surface area contributed by atoms with E-state index >= 15 is 0 Å². The van der Waals surface area contributed by atoms with Crippen LogP contribution < -0.4 is 21.7 Å². The Hall–Kier alpha value is -0.490. The van der Waals surface area contributed by atoms with E-state index in [1.54, 1.807) is 11.7 Å². The number of carbonyl (C=O) groups excluding carboxylic acids is 1. The van der Waals surface area contributed by atoms with Crippen molar-refractivity contribution < 1.29 is 35.8 Å². The molecule has 0 N–H and O–H groups in total. The summed E-state index contributed by atoms with van der Waals surface area (Å²) < 4.78 is 12.0. The van der Waals surface area contributed by atoms with Crippen LogP contribution in [0.2, 0.25) is 0 Å². The highest BCUT2D eigenvalue weighted by Gasteiger charge is 2.17. The molecule has 0 spiro atoms. The number of ether oxygens (including phenoxy) is 1. The number of esters is 1. The molecule has 0 atom stereocenters. The van der Waals surface area contributed by atoms with Crippen LogP contribution >= 0.6 is 11.8 Å². The van der Waals surface area contributed by atoms with Gasteiger partial charge >= 0.3 is 5.97 Å². The molecule has 1 heterocycles. The zero-order valence-electron chi connectivity index (χ0n) is 9.66. The highest BCUT2D eigenvalue weighted by atomic mass is 79.9. The molecule has 0 amide bonds. The van der Waals surface area contributed by atoms with E-state index in [9.17, 15) is 4.79 Å². The van der Waals surface area contributed by atoms with Crippen LogP contribution in [0, 0.1) is 6.92 Å². The molecule has 0 saturated heterocycles. The van der Waals surface area contributed by atoms with Gasteiger partial charge in [0.05, 0.1) is 12.7 Å². The zero-order valence-corrected chi connectivity index (χ0v) is 12.1. The summed E-state index contributed by atoms with van der Waals surface area (Å²) in [5.74, 6) is 0.986. The van der Waals surface area contributed by atoms with Gasteiger partial charge in [0.15, 0.2) is 12.3 Å².